The number of carbonyl (C=O) groups is 2. The minimum Gasteiger partial charge on any atom is -0.342 e. The van der Waals surface area contributed by atoms with Crippen molar-refractivity contribution in [3.63, 3.8) is 0 Å². The number of nitrogens with zero attached hydrogens (tertiary/aromatic N) is 3. The van der Waals surface area contributed by atoms with Crippen molar-refractivity contribution < 1.29 is 9.59 Å². The number of hydrogen-bond acceptors (Lipinski definition) is 5. The summed E-state index contributed by atoms with van der Waals surface area (Å²) in [7, 11) is 0. The molecule has 0 aliphatic heterocycles. The molecule has 0 fully saturated rings. The number of aryl methyl sites for hydroxylation is 1. The molecule has 0 aliphatic rings. The van der Waals surface area contributed by atoms with Gasteiger partial charge in [-0.15, -0.1) is 16.8 Å². The summed E-state index contributed by atoms with van der Waals surface area (Å²) in [6.45, 7) is 8.05. The van der Waals surface area contributed by atoms with E-state index in [1.807, 2.05) is 54.8 Å². The number of rotatable bonds is 9. The summed E-state index contributed by atoms with van der Waals surface area (Å²) in [6, 6.07) is 16.2. The molecule has 154 valence electrons. The zero-order valence-electron chi connectivity index (χ0n) is 17.0. The zero-order chi connectivity index (χ0) is 21.5. The molecule has 1 N–H and O–H groups in total. The fraction of sp³-hybridized carbons (Fsp3) is 0.217. The maximum Gasteiger partial charge on any atom is 0.252 e. The molecule has 0 bridgehead atoms. The molecule has 2 aromatic carbocycles. The van der Waals surface area contributed by atoms with Crippen molar-refractivity contribution in [2.24, 2.45) is 0 Å². The lowest BCUT2D eigenvalue weighted by Crippen LogP contribution is -2.29. The summed E-state index contributed by atoms with van der Waals surface area (Å²) in [5.41, 5.74) is 2.20. The first-order valence-electron chi connectivity index (χ1n) is 9.62. The highest BCUT2D eigenvalue weighted by molar-refractivity contribution is 7.99. The number of allylic oxidation sites excluding steroid dienone is 1. The SMILES string of the molecule is C=CCn1c(SCC(=O)c2ccccc2)nnc1[C@H](C)NC(=O)c1ccccc1C. The summed E-state index contributed by atoms with van der Waals surface area (Å²) in [6.07, 6.45) is 1.74. The normalized spacial score (nSPS) is 11.7. The molecule has 0 spiro atoms. The first-order chi connectivity index (χ1) is 14.5. The van der Waals surface area contributed by atoms with Gasteiger partial charge in [0.2, 0.25) is 0 Å². The lowest BCUT2D eigenvalue weighted by Gasteiger charge is -2.16. The molecule has 3 rings (SSSR count). The second kappa shape index (κ2) is 10.0. The van der Waals surface area contributed by atoms with Crippen molar-refractivity contribution >= 4 is 23.5 Å². The van der Waals surface area contributed by atoms with Gasteiger partial charge in [0, 0.05) is 17.7 Å². The first kappa shape index (κ1) is 21.5. The molecular weight excluding hydrogens is 396 g/mol. The van der Waals surface area contributed by atoms with E-state index in [0.717, 1.165) is 5.56 Å². The molecule has 7 heteroatoms. The molecule has 0 saturated heterocycles. The standard InChI is InChI=1S/C23H24N4O2S/c1-4-14-27-21(17(3)24-22(29)19-13-9-8-10-16(19)2)25-26-23(27)30-15-20(28)18-11-6-5-7-12-18/h4-13,17H,1,14-15H2,2-3H3,(H,24,29)/t17-/m0/s1. The fourth-order valence-corrected chi connectivity index (χ4v) is 3.88. The average molecular weight is 421 g/mol. The minimum absolute atomic E-state index is 0.0243. The van der Waals surface area contributed by atoms with Crippen LogP contribution in [0.1, 0.15) is 45.1 Å². The van der Waals surface area contributed by atoms with Crippen LogP contribution < -0.4 is 5.32 Å². The van der Waals surface area contributed by atoms with Crippen molar-refractivity contribution in [1.82, 2.24) is 20.1 Å². The molecular formula is C23H24N4O2S. The van der Waals surface area contributed by atoms with Crippen molar-refractivity contribution in [2.75, 3.05) is 5.75 Å². The van der Waals surface area contributed by atoms with Crippen molar-refractivity contribution in [3.8, 4) is 0 Å². The number of amides is 1. The Morgan fingerprint density at radius 1 is 1.13 bits per heavy atom. The zero-order valence-corrected chi connectivity index (χ0v) is 17.9. The summed E-state index contributed by atoms with van der Waals surface area (Å²) in [5, 5.41) is 12.1. The van der Waals surface area contributed by atoms with E-state index in [4.69, 9.17) is 0 Å². The molecule has 0 radical (unpaired) electrons. The monoisotopic (exact) mass is 420 g/mol. The van der Waals surface area contributed by atoms with Crippen LogP contribution in [0.3, 0.4) is 0 Å². The van der Waals surface area contributed by atoms with E-state index in [-0.39, 0.29) is 23.5 Å². The van der Waals surface area contributed by atoms with Crippen LogP contribution in [-0.2, 0) is 6.54 Å². The maximum atomic E-state index is 12.7. The Hall–Kier alpha value is -3.19. The van der Waals surface area contributed by atoms with Gasteiger partial charge in [-0.2, -0.15) is 0 Å². The largest absolute Gasteiger partial charge is 0.342 e. The maximum absolute atomic E-state index is 12.7. The second-order valence-electron chi connectivity index (χ2n) is 6.83. The third-order valence-corrected chi connectivity index (χ3v) is 5.58. The Bertz CT molecular complexity index is 1050. The van der Waals surface area contributed by atoms with Gasteiger partial charge in [0.05, 0.1) is 11.8 Å². The van der Waals surface area contributed by atoms with E-state index >= 15 is 0 Å². The highest BCUT2D eigenvalue weighted by atomic mass is 32.2. The second-order valence-corrected chi connectivity index (χ2v) is 7.77. The van der Waals surface area contributed by atoms with Crippen molar-refractivity contribution in [3.05, 3.63) is 89.8 Å². The Balaban J connectivity index is 1.73. The van der Waals surface area contributed by atoms with Crippen LogP contribution >= 0.6 is 11.8 Å². The number of aromatic nitrogens is 3. The highest BCUT2D eigenvalue weighted by Gasteiger charge is 2.21. The molecule has 1 amide bonds. The van der Waals surface area contributed by atoms with E-state index in [0.29, 0.717) is 28.7 Å². The number of hydrogen-bond donors (Lipinski definition) is 1. The van der Waals surface area contributed by atoms with Crippen LogP contribution in [0.5, 0.6) is 0 Å². The van der Waals surface area contributed by atoms with Crippen molar-refractivity contribution in [1.29, 1.82) is 0 Å². The number of Topliss-reactive ketones (excluding diaryl/α,β-unsaturated/α-hetero) is 1. The third kappa shape index (κ3) is 5.04. The minimum atomic E-state index is -0.358. The quantitative estimate of drug-likeness (QED) is 0.318. The Kier molecular flexibility index (Phi) is 7.19. The highest BCUT2D eigenvalue weighted by Crippen LogP contribution is 2.22. The lowest BCUT2D eigenvalue weighted by molar-refractivity contribution is 0.0936. The Morgan fingerprint density at radius 2 is 1.83 bits per heavy atom. The number of carbonyl (C=O) groups excluding carboxylic acids is 2. The van der Waals surface area contributed by atoms with Crippen LogP contribution in [0, 0.1) is 6.92 Å². The summed E-state index contributed by atoms with van der Waals surface area (Å²) >= 11 is 1.33. The van der Waals surface area contributed by atoms with Gasteiger partial charge in [-0.25, -0.2) is 0 Å². The van der Waals surface area contributed by atoms with E-state index in [2.05, 4.69) is 22.1 Å². The Labute approximate surface area is 180 Å². The van der Waals surface area contributed by atoms with E-state index in [9.17, 15) is 9.59 Å². The van der Waals surface area contributed by atoms with Gasteiger partial charge in [-0.1, -0.05) is 66.4 Å². The summed E-state index contributed by atoms with van der Waals surface area (Å²) < 4.78 is 1.87. The molecule has 1 aromatic heterocycles. The number of nitrogens with one attached hydrogen (secondary N) is 1. The van der Waals surface area contributed by atoms with E-state index in [1.54, 1.807) is 24.3 Å². The Morgan fingerprint density at radius 3 is 2.53 bits per heavy atom. The molecule has 6 nitrogen and oxygen atoms in total. The lowest BCUT2D eigenvalue weighted by atomic mass is 10.1. The van der Waals surface area contributed by atoms with Crippen LogP contribution in [-0.4, -0.2) is 32.2 Å². The molecule has 0 saturated carbocycles. The smallest absolute Gasteiger partial charge is 0.252 e. The van der Waals surface area contributed by atoms with Gasteiger partial charge in [-0.05, 0) is 25.5 Å². The number of thioether (sulfide) groups is 1. The van der Waals surface area contributed by atoms with Crippen LogP contribution in [0.4, 0.5) is 0 Å². The third-order valence-electron chi connectivity index (χ3n) is 4.61. The van der Waals surface area contributed by atoms with Gasteiger partial charge in [0.1, 0.15) is 0 Å². The van der Waals surface area contributed by atoms with Gasteiger partial charge in [0.15, 0.2) is 16.8 Å². The molecule has 1 heterocycles. The van der Waals surface area contributed by atoms with Gasteiger partial charge >= 0.3 is 0 Å². The van der Waals surface area contributed by atoms with Gasteiger partial charge in [-0.3, -0.25) is 9.59 Å². The summed E-state index contributed by atoms with van der Waals surface area (Å²) in [5.74, 6) is 0.730. The molecule has 30 heavy (non-hydrogen) atoms. The fourth-order valence-electron chi connectivity index (χ4n) is 3.03. The summed E-state index contributed by atoms with van der Waals surface area (Å²) in [4.78, 5) is 25.1. The van der Waals surface area contributed by atoms with Gasteiger partial charge < -0.3 is 9.88 Å². The van der Waals surface area contributed by atoms with Crippen LogP contribution in [0.15, 0.2) is 72.4 Å². The number of benzene rings is 2. The van der Waals surface area contributed by atoms with E-state index < -0.39 is 0 Å². The molecule has 0 aliphatic carbocycles. The number of ketones is 1. The molecule has 1 atom stereocenters. The van der Waals surface area contributed by atoms with Crippen LogP contribution in [0.2, 0.25) is 0 Å². The average Bonchev–Trinajstić information content (AvgIpc) is 3.16. The predicted octanol–water partition coefficient (Wildman–Crippen LogP) is 4.24. The molecule has 0 unspecified atom stereocenters. The first-order valence-corrected chi connectivity index (χ1v) is 10.6. The predicted molar refractivity (Wildman–Crippen MR) is 119 cm³/mol. The van der Waals surface area contributed by atoms with Crippen LogP contribution in [0.25, 0.3) is 0 Å². The van der Waals surface area contributed by atoms with Gasteiger partial charge in [0.25, 0.3) is 5.91 Å². The van der Waals surface area contributed by atoms with E-state index in [1.165, 1.54) is 11.8 Å². The molecule has 3 aromatic rings. The topological polar surface area (TPSA) is 76.9 Å². The van der Waals surface area contributed by atoms with Crippen molar-refractivity contribution in [2.45, 2.75) is 31.6 Å².